The molecule has 0 N–H and O–H groups in total. The zero-order chi connectivity index (χ0) is 12.1. The number of hydrogen-bond donors (Lipinski definition) is 0. The van der Waals surface area contributed by atoms with Crippen molar-refractivity contribution < 1.29 is 9.13 Å². The normalized spacial score (nSPS) is 18.7. The molecule has 1 aromatic carbocycles. The van der Waals surface area contributed by atoms with Gasteiger partial charge in [0.15, 0.2) is 0 Å². The van der Waals surface area contributed by atoms with E-state index in [1.807, 2.05) is 6.07 Å². The van der Waals surface area contributed by atoms with E-state index < -0.39 is 5.82 Å². The molecule has 1 unspecified atom stereocenters. The second-order valence-electron chi connectivity index (χ2n) is 4.19. The minimum Gasteiger partial charge on any atom is -0.492 e. The molecule has 0 spiro atoms. The Hall–Kier alpha value is -1.82. The van der Waals surface area contributed by atoms with E-state index in [2.05, 4.69) is 12.2 Å². The molecule has 0 heterocycles. The average Bonchev–Trinajstić information content (AvgIpc) is 2.37. The Kier molecular flexibility index (Phi) is 3.77. The summed E-state index contributed by atoms with van der Waals surface area (Å²) in [5.74, 6) is 0.297. The number of allylic oxidation sites excluding steroid dienone is 2. The quantitative estimate of drug-likeness (QED) is 0.746. The van der Waals surface area contributed by atoms with Crippen molar-refractivity contribution in [1.82, 2.24) is 0 Å². The first-order valence-corrected chi connectivity index (χ1v) is 5.77. The molecule has 1 aliphatic carbocycles. The van der Waals surface area contributed by atoms with E-state index in [1.54, 1.807) is 12.1 Å². The van der Waals surface area contributed by atoms with E-state index in [0.717, 1.165) is 19.3 Å². The Morgan fingerprint density at radius 3 is 3.00 bits per heavy atom. The zero-order valence-electron chi connectivity index (χ0n) is 9.53. The van der Waals surface area contributed by atoms with Gasteiger partial charge in [-0.3, -0.25) is 0 Å². The van der Waals surface area contributed by atoms with Crippen molar-refractivity contribution in [2.45, 2.75) is 19.3 Å². The lowest BCUT2D eigenvalue weighted by molar-refractivity contribution is 0.237. The summed E-state index contributed by atoms with van der Waals surface area (Å²) >= 11 is 0. The molecule has 0 fully saturated rings. The van der Waals surface area contributed by atoms with Crippen molar-refractivity contribution in [2.75, 3.05) is 6.61 Å². The maximum atomic E-state index is 13.3. The summed E-state index contributed by atoms with van der Waals surface area (Å²) in [4.78, 5) is 0. The summed E-state index contributed by atoms with van der Waals surface area (Å²) in [6.07, 6.45) is 7.47. The predicted octanol–water partition coefficient (Wildman–Crippen LogP) is 3.43. The molecule has 1 aliphatic rings. The topological polar surface area (TPSA) is 33.0 Å². The monoisotopic (exact) mass is 231 g/mol. The fraction of sp³-hybridized carbons (Fsp3) is 0.357. The minimum atomic E-state index is -0.520. The van der Waals surface area contributed by atoms with Crippen molar-refractivity contribution in [1.29, 1.82) is 5.26 Å². The smallest absolute Gasteiger partial charge is 0.144 e. The molecule has 0 saturated carbocycles. The highest BCUT2D eigenvalue weighted by atomic mass is 19.1. The number of ether oxygens (including phenoxy) is 1. The van der Waals surface area contributed by atoms with Gasteiger partial charge in [0, 0.05) is 0 Å². The molecular weight excluding hydrogens is 217 g/mol. The van der Waals surface area contributed by atoms with Crippen LogP contribution in [0.1, 0.15) is 24.8 Å². The SMILES string of the molecule is N#Cc1c(F)cccc1OCC1CC=CCC1. The van der Waals surface area contributed by atoms with E-state index in [0.29, 0.717) is 18.3 Å². The van der Waals surface area contributed by atoms with Gasteiger partial charge in [0.1, 0.15) is 23.2 Å². The van der Waals surface area contributed by atoms with Gasteiger partial charge in [-0.15, -0.1) is 0 Å². The first-order chi connectivity index (χ1) is 8.31. The van der Waals surface area contributed by atoms with E-state index in [-0.39, 0.29) is 5.56 Å². The molecule has 1 atom stereocenters. The fourth-order valence-corrected chi connectivity index (χ4v) is 1.95. The summed E-state index contributed by atoms with van der Waals surface area (Å²) < 4.78 is 18.9. The molecule has 0 amide bonds. The van der Waals surface area contributed by atoms with Crippen molar-refractivity contribution in [2.24, 2.45) is 5.92 Å². The van der Waals surface area contributed by atoms with Gasteiger partial charge in [0.05, 0.1) is 6.61 Å². The Balaban J connectivity index is 2.01. The first-order valence-electron chi connectivity index (χ1n) is 5.77. The molecule has 0 aromatic heterocycles. The van der Waals surface area contributed by atoms with Gasteiger partial charge < -0.3 is 4.74 Å². The maximum Gasteiger partial charge on any atom is 0.144 e. The Morgan fingerprint density at radius 2 is 2.29 bits per heavy atom. The van der Waals surface area contributed by atoms with Crippen molar-refractivity contribution >= 4 is 0 Å². The van der Waals surface area contributed by atoms with Gasteiger partial charge in [0.2, 0.25) is 0 Å². The minimum absolute atomic E-state index is 0.00106. The average molecular weight is 231 g/mol. The number of nitrogens with zero attached hydrogens (tertiary/aromatic N) is 1. The highest BCUT2D eigenvalue weighted by Gasteiger charge is 2.13. The molecular formula is C14H14FNO. The zero-order valence-corrected chi connectivity index (χ0v) is 9.53. The number of halogens is 1. The van der Waals surface area contributed by atoms with Gasteiger partial charge in [0.25, 0.3) is 0 Å². The van der Waals surface area contributed by atoms with Gasteiger partial charge in [-0.1, -0.05) is 18.2 Å². The highest BCUT2D eigenvalue weighted by molar-refractivity contribution is 5.43. The van der Waals surface area contributed by atoms with Crippen LogP contribution in [0.15, 0.2) is 30.4 Å². The van der Waals surface area contributed by atoms with Crippen molar-refractivity contribution in [3.05, 3.63) is 41.7 Å². The molecule has 0 saturated heterocycles. The first kappa shape index (κ1) is 11.7. The van der Waals surface area contributed by atoms with Crippen LogP contribution in [0.4, 0.5) is 4.39 Å². The Morgan fingerprint density at radius 1 is 1.41 bits per heavy atom. The van der Waals surface area contributed by atoms with Gasteiger partial charge in [-0.2, -0.15) is 5.26 Å². The van der Waals surface area contributed by atoms with E-state index in [4.69, 9.17) is 10.00 Å². The van der Waals surface area contributed by atoms with Gasteiger partial charge in [-0.05, 0) is 37.3 Å². The summed E-state index contributed by atoms with van der Waals surface area (Å²) in [7, 11) is 0. The standard InChI is InChI=1S/C14H14FNO/c15-13-7-4-8-14(12(13)9-16)17-10-11-5-2-1-3-6-11/h1-2,4,7-8,11H,3,5-6,10H2. The second kappa shape index (κ2) is 5.49. The van der Waals surface area contributed by atoms with Crippen LogP contribution in [0.5, 0.6) is 5.75 Å². The largest absolute Gasteiger partial charge is 0.492 e. The van der Waals surface area contributed by atoms with Crippen LogP contribution in [0.2, 0.25) is 0 Å². The number of hydrogen-bond acceptors (Lipinski definition) is 2. The van der Waals surface area contributed by atoms with E-state index in [9.17, 15) is 4.39 Å². The number of benzene rings is 1. The summed E-state index contributed by atoms with van der Waals surface area (Å²) in [6.45, 7) is 0.544. The van der Waals surface area contributed by atoms with Gasteiger partial charge in [-0.25, -0.2) is 4.39 Å². The van der Waals surface area contributed by atoms with Crippen LogP contribution in [-0.2, 0) is 0 Å². The number of rotatable bonds is 3. The molecule has 17 heavy (non-hydrogen) atoms. The molecule has 0 aliphatic heterocycles. The number of nitriles is 1. The Bertz CT molecular complexity index is 462. The maximum absolute atomic E-state index is 13.3. The molecule has 2 rings (SSSR count). The lowest BCUT2D eigenvalue weighted by Crippen LogP contribution is -2.13. The Labute approximate surface area is 100 Å². The summed E-state index contributed by atoms with van der Waals surface area (Å²) in [5, 5.41) is 8.86. The summed E-state index contributed by atoms with van der Waals surface area (Å²) in [5.41, 5.74) is -0.00106. The van der Waals surface area contributed by atoms with Crippen LogP contribution in [0, 0.1) is 23.1 Å². The summed E-state index contributed by atoms with van der Waals surface area (Å²) in [6, 6.07) is 6.31. The van der Waals surface area contributed by atoms with E-state index >= 15 is 0 Å². The molecule has 88 valence electrons. The molecule has 0 bridgehead atoms. The third kappa shape index (κ3) is 2.85. The lowest BCUT2D eigenvalue weighted by atomic mass is 9.95. The lowest BCUT2D eigenvalue weighted by Gasteiger charge is -2.18. The van der Waals surface area contributed by atoms with Crippen LogP contribution in [0.3, 0.4) is 0 Å². The second-order valence-corrected chi connectivity index (χ2v) is 4.19. The molecule has 1 aromatic rings. The van der Waals surface area contributed by atoms with Crippen LogP contribution in [0.25, 0.3) is 0 Å². The molecule has 0 radical (unpaired) electrons. The van der Waals surface area contributed by atoms with Crippen LogP contribution in [-0.4, -0.2) is 6.61 Å². The van der Waals surface area contributed by atoms with Gasteiger partial charge >= 0.3 is 0 Å². The highest BCUT2D eigenvalue weighted by Crippen LogP contribution is 2.23. The third-order valence-corrected chi connectivity index (χ3v) is 2.94. The van der Waals surface area contributed by atoms with Crippen molar-refractivity contribution in [3.8, 4) is 11.8 Å². The van der Waals surface area contributed by atoms with Crippen LogP contribution >= 0.6 is 0 Å². The molecule has 2 nitrogen and oxygen atoms in total. The van der Waals surface area contributed by atoms with Crippen LogP contribution < -0.4 is 4.74 Å². The molecule has 3 heteroatoms. The predicted molar refractivity (Wildman–Crippen MR) is 63.1 cm³/mol. The van der Waals surface area contributed by atoms with E-state index in [1.165, 1.54) is 6.07 Å². The van der Waals surface area contributed by atoms with Crippen molar-refractivity contribution in [3.63, 3.8) is 0 Å². The fourth-order valence-electron chi connectivity index (χ4n) is 1.95. The third-order valence-electron chi connectivity index (χ3n) is 2.94.